The van der Waals surface area contributed by atoms with Gasteiger partial charge in [-0.25, -0.2) is 5.06 Å². The molecule has 0 saturated carbocycles. The van der Waals surface area contributed by atoms with E-state index in [-0.39, 0.29) is 11.8 Å². The molecule has 1 aromatic carbocycles. The number of ether oxygens (including phenoxy) is 2. The maximum atomic E-state index is 12.3. The Bertz CT molecular complexity index is 629. The number of carbonyl (C=O) groups excluding carboxylic acids is 1. The van der Waals surface area contributed by atoms with Crippen LogP contribution in [0.2, 0.25) is 0 Å². The largest absolute Gasteiger partial charge is 0.481 e. The molecule has 0 aliphatic carbocycles. The molecule has 0 bridgehead atoms. The minimum Gasteiger partial charge on any atom is -0.481 e. The third-order valence-electron chi connectivity index (χ3n) is 3.64. The molecule has 1 unspecified atom stereocenters. The Morgan fingerprint density at radius 2 is 2.04 bits per heavy atom. The summed E-state index contributed by atoms with van der Waals surface area (Å²) in [5, 5.41) is 10.5. The first-order valence-corrected chi connectivity index (χ1v) is 9.02. The normalized spacial score (nSPS) is 15.9. The predicted octanol–water partition coefficient (Wildman–Crippen LogP) is 1.80. The summed E-state index contributed by atoms with van der Waals surface area (Å²) in [6, 6.07) is 6.67. The number of amides is 1. The highest BCUT2D eigenvalue weighted by Gasteiger charge is 2.26. The lowest BCUT2D eigenvalue weighted by Gasteiger charge is -2.24. The summed E-state index contributed by atoms with van der Waals surface area (Å²) >= 11 is 0. The van der Waals surface area contributed by atoms with Crippen LogP contribution in [0.15, 0.2) is 29.2 Å². The van der Waals surface area contributed by atoms with Gasteiger partial charge in [-0.2, -0.15) is 0 Å². The van der Waals surface area contributed by atoms with E-state index < -0.39 is 16.7 Å². The summed E-state index contributed by atoms with van der Waals surface area (Å²) < 4.78 is 22.9. The van der Waals surface area contributed by atoms with E-state index >= 15 is 0 Å². The second-order valence-corrected chi connectivity index (χ2v) is 6.71. The quantitative estimate of drug-likeness (QED) is 0.480. The number of benzene rings is 1. The van der Waals surface area contributed by atoms with E-state index in [9.17, 15) is 14.2 Å². The van der Waals surface area contributed by atoms with E-state index in [1.54, 1.807) is 31.2 Å². The Labute approximate surface area is 144 Å². The molecule has 1 N–H and O–H groups in total. The van der Waals surface area contributed by atoms with Gasteiger partial charge in [0.1, 0.15) is 18.2 Å². The lowest BCUT2D eigenvalue weighted by atomic mass is 10.00. The molecule has 1 amide bonds. The van der Waals surface area contributed by atoms with E-state index in [0.717, 1.165) is 0 Å². The highest BCUT2D eigenvalue weighted by atomic mass is 32.2. The monoisotopic (exact) mass is 351 g/mol. The van der Waals surface area contributed by atoms with Crippen LogP contribution in [0.4, 0.5) is 0 Å². The van der Waals surface area contributed by atoms with Crippen LogP contribution in [0.1, 0.15) is 19.8 Å². The Balaban J connectivity index is 1.88. The Kier molecular flexibility index (Phi) is 7.25. The van der Waals surface area contributed by atoms with Crippen LogP contribution in [-0.2, 0) is 20.3 Å². The maximum Gasteiger partial charge on any atom is 0.250 e. The molecule has 0 spiro atoms. The van der Waals surface area contributed by atoms with E-state index in [2.05, 4.69) is 11.8 Å². The summed E-state index contributed by atoms with van der Waals surface area (Å²) in [6.07, 6.45) is 1.16. The molecule has 7 heteroatoms. The average Bonchev–Trinajstić information content (AvgIpc) is 2.62. The molecule has 1 aliphatic rings. The minimum absolute atomic E-state index is 0.252. The highest BCUT2D eigenvalue weighted by molar-refractivity contribution is 7.85. The van der Waals surface area contributed by atoms with Gasteiger partial charge in [-0.3, -0.25) is 14.2 Å². The van der Waals surface area contributed by atoms with Gasteiger partial charge in [0, 0.05) is 24.0 Å². The summed E-state index contributed by atoms with van der Waals surface area (Å²) in [6.45, 7) is 3.05. The molecule has 2 rings (SSSR count). The summed E-state index contributed by atoms with van der Waals surface area (Å²) in [5.41, 5.74) is 0. The molecular formula is C17H21NO5S. The Hall–Kier alpha value is -1.88. The molecule has 130 valence electrons. The van der Waals surface area contributed by atoms with Gasteiger partial charge in [0.25, 0.3) is 0 Å². The van der Waals surface area contributed by atoms with E-state index in [0.29, 0.717) is 48.4 Å². The first-order valence-electron chi connectivity index (χ1n) is 7.70. The Morgan fingerprint density at radius 3 is 2.67 bits per heavy atom. The van der Waals surface area contributed by atoms with Crippen molar-refractivity contribution in [1.82, 2.24) is 5.06 Å². The summed E-state index contributed by atoms with van der Waals surface area (Å²) in [7, 11) is -1.51. The first-order chi connectivity index (χ1) is 11.6. The summed E-state index contributed by atoms with van der Waals surface area (Å²) in [5.74, 6) is 5.22. The highest BCUT2D eigenvalue weighted by Crippen LogP contribution is 2.19. The van der Waals surface area contributed by atoms with E-state index in [1.807, 2.05) is 0 Å². The number of hydrogen-bond acceptors (Lipinski definition) is 5. The first kappa shape index (κ1) is 18.5. The van der Waals surface area contributed by atoms with Gasteiger partial charge >= 0.3 is 0 Å². The second kappa shape index (κ2) is 9.42. The topological polar surface area (TPSA) is 76.1 Å². The van der Waals surface area contributed by atoms with Crippen LogP contribution >= 0.6 is 0 Å². The van der Waals surface area contributed by atoms with Crippen molar-refractivity contribution in [2.45, 2.75) is 24.7 Å². The van der Waals surface area contributed by atoms with Gasteiger partial charge in [-0.1, -0.05) is 5.92 Å². The van der Waals surface area contributed by atoms with Crippen molar-refractivity contribution in [3.8, 4) is 17.6 Å². The maximum absolute atomic E-state index is 12.3. The smallest absolute Gasteiger partial charge is 0.250 e. The van der Waals surface area contributed by atoms with Crippen LogP contribution in [0.25, 0.3) is 0 Å². The molecule has 24 heavy (non-hydrogen) atoms. The fourth-order valence-corrected chi connectivity index (χ4v) is 3.22. The molecule has 1 heterocycles. The van der Waals surface area contributed by atoms with Crippen molar-refractivity contribution in [1.29, 1.82) is 0 Å². The van der Waals surface area contributed by atoms with Crippen LogP contribution in [-0.4, -0.2) is 46.1 Å². The fraction of sp³-hybridized carbons (Fsp3) is 0.471. The van der Waals surface area contributed by atoms with Crippen LogP contribution < -0.4 is 4.74 Å². The lowest BCUT2D eigenvalue weighted by molar-refractivity contribution is -0.168. The van der Waals surface area contributed by atoms with E-state index in [4.69, 9.17) is 9.47 Å². The zero-order chi connectivity index (χ0) is 17.4. The lowest BCUT2D eigenvalue weighted by Crippen LogP contribution is -2.38. The third kappa shape index (κ3) is 5.34. The number of carbonyl (C=O) groups is 1. The van der Waals surface area contributed by atoms with E-state index in [1.165, 1.54) is 0 Å². The van der Waals surface area contributed by atoms with Gasteiger partial charge in [0.05, 0.1) is 10.8 Å². The average molecular weight is 351 g/mol. The number of hydrogen-bond donors (Lipinski definition) is 1. The van der Waals surface area contributed by atoms with Crippen LogP contribution in [0.3, 0.4) is 0 Å². The van der Waals surface area contributed by atoms with Gasteiger partial charge in [0.2, 0.25) is 5.91 Å². The molecule has 1 atom stereocenters. The van der Waals surface area contributed by atoms with Crippen LogP contribution in [0.5, 0.6) is 5.75 Å². The SMILES string of the molecule is CC#CCOc1ccc(S(=O)CN(O)C(=O)C2CCOCC2)cc1. The van der Waals surface area contributed by atoms with Crippen LogP contribution in [0, 0.1) is 17.8 Å². The van der Waals surface area contributed by atoms with Gasteiger partial charge in [-0.05, 0) is 44.0 Å². The Morgan fingerprint density at radius 1 is 1.38 bits per heavy atom. The standard InChI is InChI=1S/C17H21NO5S/c1-2-3-10-23-15-4-6-16(7-5-15)24(21)13-18(20)17(19)14-8-11-22-12-9-14/h4-7,14,20H,8-13H2,1H3. The molecule has 6 nitrogen and oxygen atoms in total. The third-order valence-corrected chi connectivity index (χ3v) is 4.92. The zero-order valence-corrected chi connectivity index (χ0v) is 14.4. The minimum atomic E-state index is -1.51. The predicted molar refractivity (Wildman–Crippen MR) is 88.8 cm³/mol. The second-order valence-electron chi connectivity index (χ2n) is 5.29. The van der Waals surface area contributed by atoms with Crippen molar-refractivity contribution in [2.75, 3.05) is 25.7 Å². The summed E-state index contributed by atoms with van der Waals surface area (Å²) in [4.78, 5) is 12.6. The molecular weight excluding hydrogens is 330 g/mol. The molecule has 0 radical (unpaired) electrons. The number of nitrogens with zero attached hydrogens (tertiary/aromatic N) is 1. The van der Waals surface area contributed by atoms with Crippen molar-refractivity contribution >= 4 is 16.7 Å². The van der Waals surface area contributed by atoms with Crippen molar-refractivity contribution in [2.24, 2.45) is 5.92 Å². The molecule has 1 aliphatic heterocycles. The van der Waals surface area contributed by atoms with Crippen molar-refractivity contribution < 1.29 is 23.7 Å². The van der Waals surface area contributed by atoms with Crippen molar-refractivity contribution in [3.63, 3.8) is 0 Å². The molecule has 1 saturated heterocycles. The molecule has 1 fully saturated rings. The molecule has 0 aromatic heterocycles. The van der Waals surface area contributed by atoms with Gasteiger partial charge in [-0.15, -0.1) is 5.92 Å². The van der Waals surface area contributed by atoms with Crippen molar-refractivity contribution in [3.05, 3.63) is 24.3 Å². The fourth-order valence-electron chi connectivity index (χ4n) is 2.28. The molecule has 1 aromatic rings. The van der Waals surface area contributed by atoms with Gasteiger partial charge in [0.15, 0.2) is 0 Å². The number of hydroxylamine groups is 2. The zero-order valence-electron chi connectivity index (χ0n) is 13.6. The van der Waals surface area contributed by atoms with Gasteiger partial charge < -0.3 is 9.47 Å². The number of rotatable bonds is 6.